The highest BCUT2D eigenvalue weighted by atomic mass is 32.2. The molecule has 0 saturated carbocycles. The van der Waals surface area contributed by atoms with E-state index in [4.69, 9.17) is 4.74 Å². The fourth-order valence-corrected chi connectivity index (χ4v) is 4.99. The lowest BCUT2D eigenvalue weighted by atomic mass is 10.1. The summed E-state index contributed by atoms with van der Waals surface area (Å²) in [7, 11) is -3.51. The van der Waals surface area contributed by atoms with Gasteiger partial charge < -0.3 is 15.0 Å². The van der Waals surface area contributed by atoms with E-state index < -0.39 is 21.8 Å². The standard InChI is InChI=1S/C20H29N3O5S/c24-19(20(25)22-11-3-1-2-4-12-22)21-10-9-17-5-7-18(8-6-17)29(26,27)23-13-15-28-16-14-23/h5-8H,1-4,9-16H2,(H,21,24). The van der Waals surface area contributed by atoms with Crippen LogP contribution in [0.4, 0.5) is 0 Å². The third kappa shape index (κ3) is 5.77. The van der Waals surface area contributed by atoms with Gasteiger partial charge in [0.25, 0.3) is 0 Å². The van der Waals surface area contributed by atoms with Gasteiger partial charge in [-0.3, -0.25) is 9.59 Å². The highest BCUT2D eigenvalue weighted by Crippen LogP contribution is 2.18. The van der Waals surface area contributed by atoms with Crippen molar-refractivity contribution in [1.82, 2.24) is 14.5 Å². The van der Waals surface area contributed by atoms with E-state index in [1.807, 2.05) is 0 Å². The van der Waals surface area contributed by atoms with Crippen LogP contribution < -0.4 is 5.32 Å². The summed E-state index contributed by atoms with van der Waals surface area (Å²) in [4.78, 5) is 26.2. The minimum atomic E-state index is -3.51. The SMILES string of the molecule is O=C(NCCc1ccc(S(=O)(=O)N2CCOCC2)cc1)C(=O)N1CCCCCC1. The Hall–Kier alpha value is -1.97. The molecule has 0 spiro atoms. The molecule has 0 radical (unpaired) electrons. The van der Waals surface area contributed by atoms with E-state index in [1.54, 1.807) is 29.2 Å². The predicted octanol–water partition coefficient (Wildman–Crippen LogP) is 0.769. The zero-order chi connectivity index (χ0) is 20.7. The first-order valence-corrected chi connectivity index (χ1v) is 11.7. The molecule has 9 heteroatoms. The second-order valence-corrected chi connectivity index (χ2v) is 9.31. The van der Waals surface area contributed by atoms with E-state index in [1.165, 1.54) is 4.31 Å². The first kappa shape index (κ1) is 21.7. The maximum atomic E-state index is 12.6. The van der Waals surface area contributed by atoms with Gasteiger partial charge in [0.2, 0.25) is 10.0 Å². The fourth-order valence-electron chi connectivity index (χ4n) is 3.58. The molecule has 2 fully saturated rings. The van der Waals surface area contributed by atoms with Crippen molar-refractivity contribution in [3.05, 3.63) is 29.8 Å². The van der Waals surface area contributed by atoms with Gasteiger partial charge in [0.15, 0.2) is 0 Å². The highest BCUT2D eigenvalue weighted by molar-refractivity contribution is 7.89. The monoisotopic (exact) mass is 423 g/mol. The van der Waals surface area contributed by atoms with Crippen molar-refractivity contribution in [3.63, 3.8) is 0 Å². The summed E-state index contributed by atoms with van der Waals surface area (Å²) in [6, 6.07) is 6.67. The molecule has 0 unspecified atom stereocenters. The molecule has 1 aromatic carbocycles. The Morgan fingerprint density at radius 3 is 2.17 bits per heavy atom. The summed E-state index contributed by atoms with van der Waals surface area (Å²) in [5.41, 5.74) is 0.897. The van der Waals surface area contributed by atoms with E-state index in [-0.39, 0.29) is 4.90 Å². The van der Waals surface area contributed by atoms with E-state index >= 15 is 0 Å². The number of ether oxygens (including phenoxy) is 1. The lowest BCUT2D eigenvalue weighted by molar-refractivity contribution is -0.145. The molecule has 0 aliphatic carbocycles. The van der Waals surface area contributed by atoms with Crippen LogP contribution in [-0.2, 0) is 30.8 Å². The van der Waals surface area contributed by atoms with E-state index in [0.29, 0.717) is 52.4 Å². The number of rotatable bonds is 5. The van der Waals surface area contributed by atoms with Crippen LogP contribution in [-0.4, -0.2) is 75.4 Å². The van der Waals surface area contributed by atoms with Gasteiger partial charge in [0.05, 0.1) is 18.1 Å². The van der Waals surface area contributed by atoms with Gasteiger partial charge in [-0.25, -0.2) is 8.42 Å². The Kier molecular flexibility index (Phi) is 7.63. The van der Waals surface area contributed by atoms with Crippen LogP contribution in [0.3, 0.4) is 0 Å². The van der Waals surface area contributed by atoms with Crippen molar-refractivity contribution in [3.8, 4) is 0 Å². The van der Waals surface area contributed by atoms with Gasteiger partial charge in [-0.1, -0.05) is 25.0 Å². The van der Waals surface area contributed by atoms with Crippen LogP contribution in [0.1, 0.15) is 31.2 Å². The molecule has 0 bridgehead atoms. The lowest BCUT2D eigenvalue weighted by Crippen LogP contribution is -2.43. The van der Waals surface area contributed by atoms with Crippen LogP contribution in [0.15, 0.2) is 29.2 Å². The Bertz CT molecular complexity index is 796. The number of benzene rings is 1. The third-order valence-electron chi connectivity index (χ3n) is 5.32. The maximum Gasteiger partial charge on any atom is 0.311 e. The molecule has 2 amide bonds. The molecular weight excluding hydrogens is 394 g/mol. The molecule has 1 aromatic rings. The number of likely N-dealkylation sites (tertiary alicyclic amines) is 1. The van der Waals surface area contributed by atoms with Crippen LogP contribution in [0.2, 0.25) is 0 Å². The Labute approximate surface area is 172 Å². The highest BCUT2D eigenvalue weighted by Gasteiger charge is 2.26. The number of amides is 2. The topological polar surface area (TPSA) is 96.0 Å². The molecule has 2 heterocycles. The number of nitrogens with one attached hydrogen (secondary N) is 1. The van der Waals surface area contributed by atoms with Gasteiger partial charge in [-0.05, 0) is 37.0 Å². The molecular formula is C20H29N3O5S. The zero-order valence-electron chi connectivity index (χ0n) is 16.6. The van der Waals surface area contributed by atoms with Gasteiger partial charge in [-0.15, -0.1) is 0 Å². The van der Waals surface area contributed by atoms with Crippen molar-refractivity contribution in [2.24, 2.45) is 0 Å². The maximum absolute atomic E-state index is 12.6. The summed E-state index contributed by atoms with van der Waals surface area (Å²) in [6.45, 7) is 3.16. The summed E-state index contributed by atoms with van der Waals surface area (Å²) in [5, 5.41) is 2.67. The molecule has 1 N–H and O–H groups in total. The van der Waals surface area contributed by atoms with E-state index in [2.05, 4.69) is 5.32 Å². The fraction of sp³-hybridized carbons (Fsp3) is 0.600. The number of sulfonamides is 1. The third-order valence-corrected chi connectivity index (χ3v) is 7.23. The number of hydrogen-bond acceptors (Lipinski definition) is 5. The second kappa shape index (κ2) is 10.2. The van der Waals surface area contributed by atoms with Crippen LogP contribution in [0.5, 0.6) is 0 Å². The van der Waals surface area contributed by atoms with Crippen molar-refractivity contribution in [2.45, 2.75) is 37.0 Å². The van der Waals surface area contributed by atoms with Crippen LogP contribution >= 0.6 is 0 Å². The van der Waals surface area contributed by atoms with Gasteiger partial charge in [0.1, 0.15) is 0 Å². The van der Waals surface area contributed by atoms with Crippen LogP contribution in [0.25, 0.3) is 0 Å². The predicted molar refractivity (Wildman–Crippen MR) is 108 cm³/mol. The molecule has 8 nitrogen and oxygen atoms in total. The van der Waals surface area contributed by atoms with E-state index in [0.717, 1.165) is 31.2 Å². The molecule has 2 aliphatic rings. The molecule has 0 atom stereocenters. The average molecular weight is 424 g/mol. The normalized spacial score (nSPS) is 18.8. The summed E-state index contributed by atoms with van der Waals surface area (Å²) in [5.74, 6) is -1.03. The van der Waals surface area contributed by atoms with Gasteiger partial charge in [0, 0.05) is 32.7 Å². The quantitative estimate of drug-likeness (QED) is 0.706. The summed E-state index contributed by atoms with van der Waals surface area (Å²) < 4.78 is 31.9. The van der Waals surface area contributed by atoms with Crippen molar-refractivity contribution in [2.75, 3.05) is 45.9 Å². The Morgan fingerprint density at radius 1 is 0.931 bits per heavy atom. The number of hydrogen-bond donors (Lipinski definition) is 1. The molecule has 160 valence electrons. The second-order valence-electron chi connectivity index (χ2n) is 7.37. The average Bonchev–Trinajstić information content (AvgIpc) is 3.04. The Morgan fingerprint density at radius 2 is 1.55 bits per heavy atom. The minimum absolute atomic E-state index is 0.253. The molecule has 3 rings (SSSR count). The van der Waals surface area contributed by atoms with Crippen molar-refractivity contribution in [1.29, 1.82) is 0 Å². The number of morpholine rings is 1. The smallest absolute Gasteiger partial charge is 0.311 e. The number of carbonyl (C=O) groups is 2. The minimum Gasteiger partial charge on any atom is -0.379 e. The number of nitrogens with zero attached hydrogens (tertiary/aromatic N) is 2. The van der Waals surface area contributed by atoms with Crippen molar-refractivity contribution < 1.29 is 22.7 Å². The molecule has 2 aliphatic heterocycles. The molecule has 2 saturated heterocycles. The first-order chi connectivity index (χ1) is 14.0. The van der Waals surface area contributed by atoms with Gasteiger partial charge >= 0.3 is 11.8 Å². The summed E-state index contributed by atoms with van der Waals surface area (Å²) >= 11 is 0. The van der Waals surface area contributed by atoms with E-state index in [9.17, 15) is 18.0 Å². The van der Waals surface area contributed by atoms with Crippen molar-refractivity contribution >= 4 is 21.8 Å². The number of carbonyl (C=O) groups excluding carboxylic acids is 2. The summed E-state index contributed by atoms with van der Waals surface area (Å²) in [6.07, 6.45) is 4.61. The van der Waals surface area contributed by atoms with Crippen LogP contribution in [0, 0.1) is 0 Å². The zero-order valence-corrected chi connectivity index (χ0v) is 17.5. The molecule has 0 aromatic heterocycles. The molecule has 29 heavy (non-hydrogen) atoms. The first-order valence-electron chi connectivity index (χ1n) is 10.2. The lowest BCUT2D eigenvalue weighted by Gasteiger charge is -2.26. The Balaban J connectivity index is 1.48. The largest absolute Gasteiger partial charge is 0.379 e. The van der Waals surface area contributed by atoms with Gasteiger partial charge in [-0.2, -0.15) is 4.31 Å².